The van der Waals surface area contributed by atoms with Crippen molar-refractivity contribution in [3.8, 4) is 0 Å². The number of pyridine rings is 1. The highest BCUT2D eigenvalue weighted by Crippen LogP contribution is 2.12. The molecule has 1 aliphatic heterocycles. The number of aromatic amines is 1. The van der Waals surface area contributed by atoms with Gasteiger partial charge < -0.3 is 10.2 Å². The lowest BCUT2D eigenvalue weighted by atomic mass is 10.2. The summed E-state index contributed by atoms with van der Waals surface area (Å²) in [5.41, 5.74) is -0.457. The second-order valence-corrected chi connectivity index (χ2v) is 7.42. The lowest BCUT2D eigenvalue weighted by Crippen LogP contribution is -2.51. The number of amides is 2. The van der Waals surface area contributed by atoms with Crippen LogP contribution in [-0.2, 0) is 11.3 Å². The Balaban J connectivity index is 1.71. The first-order valence-corrected chi connectivity index (χ1v) is 10.4. The Morgan fingerprint density at radius 2 is 1.87 bits per heavy atom. The first kappa shape index (κ1) is 21.7. The number of rotatable bonds is 7. The largest absolute Gasteiger partial charge is 0.355 e. The fourth-order valence-electron chi connectivity index (χ4n) is 3.53. The molecule has 30 heavy (non-hydrogen) atoms. The van der Waals surface area contributed by atoms with Crippen LogP contribution in [0.5, 0.6) is 0 Å². The van der Waals surface area contributed by atoms with Crippen molar-refractivity contribution in [3.63, 3.8) is 0 Å². The van der Waals surface area contributed by atoms with E-state index in [0.29, 0.717) is 57.8 Å². The Kier molecular flexibility index (Phi) is 6.99. The topological polar surface area (TPSA) is 120 Å². The molecule has 10 heteroatoms. The standard InChI is InChI=1S/C20H28N6O4/c1-3-5-21-16(27)13-24-7-9-25(10-8-24)19(29)14-11-15-17(22-12-14)26(6-4-2)20(30)23-18(15)28/h11-12H,3-10,13H2,1-2H3,(H,21,27)(H,23,28,30). The third kappa shape index (κ3) is 4.76. The molecule has 0 bridgehead atoms. The van der Waals surface area contributed by atoms with Crippen molar-refractivity contribution in [2.75, 3.05) is 39.3 Å². The molecule has 0 spiro atoms. The van der Waals surface area contributed by atoms with E-state index in [9.17, 15) is 19.2 Å². The lowest BCUT2D eigenvalue weighted by Gasteiger charge is -2.34. The fraction of sp³-hybridized carbons (Fsp3) is 0.550. The molecular formula is C20H28N6O4. The van der Waals surface area contributed by atoms with Crippen LogP contribution in [0.25, 0.3) is 11.0 Å². The third-order valence-corrected chi connectivity index (χ3v) is 5.13. The average Bonchev–Trinajstić information content (AvgIpc) is 2.75. The van der Waals surface area contributed by atoms with Gasteiger partial charge >= 0.3 is 5.69 Å². The van der Waals surface area contributed by atoms with Gasteiger partial charge in [-0.3, -0.25) is 28.8 Å². The molecule has 0 aromatic carbocycles. The molecule has 0 aliphatic carbocycles. The van der Waals surface area contributed by atoms with Gasteiger partial charge in [-0.05, 0) is 18.9 Å². The summed E-state index contributed by atoms with van der Waals surface area (Å²) >= 11 is 0. The number of nitrogens with one attached hydrogen (secondary N) is 2. The van der Waals surface area contributed by atoms with Gasteiger partial charge in [0, 0.05) is 45.5 Å². The molecule has 2 aromatic heterocycles. The van der Waals surface area contributed by atoms with E-state index in [4.69, 9.17) is 0 Å². The van der Waals surface area contributed by atoms with Crippen LogP contribution >= 0.6 is 0 Å². The molecule has 2 aromatic rings. The van der Waals surface area contributed by atoms with E-state index in [2.05, 4.69) is 15.3 Å². The Bertz CT molecular complexity index is 1040. The van der Waals surface area contributed by atoms with E-state index in [1.54, 1.807) is 4.90 Å². The van der Waals surface area contributed by atoms with E-state index in [1.165, 1.54) is 16.8 Å². The highest BCUT2D eigenvalue weighted by Gasteiger charge is 2.24. The van der Waals surface area contributed by atoms with Crippen molar-refractivity contribution in [1.29, 1.82) is 0 Å². The number of nitrogens with zero attached hydrogens (tertiary/aromatic N) is 4. The Morgan fingerprint density at radius 3 is 2.53 bits per heavy atom. The van der Waals surface area contributed by atoms with Crippen molar-refractivity contribution in [3.05, 3.63) is 38.7 Å². The SMILES string of the molecule is CCCNC(=O)CN1CCN(C(=O)c2cnc3c(c2)c(=O)[nH]c(=O)n3CCC)CC1. The van der Waals surface area contributed by atoms with Crippen molar-refractivity contribution >= 4 is 22.8 Å². The van der Waals surface area contributed by atoms with Crippen molar-refractivity contribution in [1.82, 2.24) is 29.7 Å². The van der Waals surface area contributed by atoms with Crippen LogP contribution in [0.1, 0.15) is 37.0 Å². The number of carbonyl (C=O) groups excluding carboxylic acids is 2. The van der Waals surface area contributed by atoms with Gasteiger partial charge in [-0.2, -0.15) is 0 Å². The van der Waals surface area contributed by atoms with Gasteiger partial charge in [-0.25, -0.2) is 9.78 Å². The summed E-state index contributed by atoms with van der Waals surface area (Å²) in [6.45, 7) is 7.53. The molecule has 3 heterocycles. The number of fused-ring (bicyclic) bond motifs is 1. The van der Waals surface area contributed by atoms with E-state index in [-0.39, 0.29) is 22.8 Å². The summed E-state index contributed by atoms with van der Waals surface area (Å²) in [5.74, 6) is -0.222. The van der Waals surface area contributed by atoms with Crippen molar-refractivity contribution in [2.45, 2.75) is 33.2 Å². The van der Waals surface area contributed by atoms with Gasteiger partial charge in [0.2, 0.25) is 5.91 Å². The second-order valence-electron chi connectivity index (χ2n) is 7.42. The Labute approximate surface area is 173 Å². The van der Waals surface area contributed by atoms with E-state index < -0.39 is 11.2 Å². The Morgan fingerprint density at radius 1 is 1.13 bits per heavy atom. The second kappa shape index (κ2) is 9.66. The van der Waals surface area contributed by atoms with Gasteiger partial charge in [0.1, 0.15) is 5.65 Å². The van der Waals surface area contributed by atoms with Gasteiger partial charge in [-0.1, -0.05) is 13.8 Å². The normalized spacial score (nSPS) is 14.8. The first-order valence-electron chi connectivity index (χ1n) is 10.4. The monoisotopic (exact) mass is 416 g/mol. The highest BCUT2D eigenvalue weighted by molar-refractivity contribution is 5.96. The molecule has 1 saturated heterocycles. The smallest absolute Gasteiger partial charge is 0.329 e. The zero-order chi connectivity index (χ0) is 21.7. The van der Waals surface area contributed by atoms with Crippen LogP contribution < -0.4 is 16.6 Å². The number of aromatic nitrogens is 3. The van der Waals surface area contributed by atoms with Crippen LogP contribution in [0.3, 0.4) is 0 Å². The summed E-state index contributed by atoms with van der Waals surface area (Å²) in [5, 5.41) is 3.08. The minimum Gasteiger partial charge on any atom is -0.355 e. The summed E-state index contributed by atoms with van der Waals surface area (Å²) in [7, 11) is 0. The third-order valence-electron chi connectivity index (χ3n) is 5.13. The Hall–Kier alpha value is -3.01. The number of H-pyrrole nitrogens is 1. The molecule has 0 saturated carbocycles. The van der Waals surface area contributed by atoms with Gasteiger partial charge in [0.15, 0.2) is 0 Å². The van der Waals surface area contributed by atoms with Crippen LogP contribution in [0, 0.1) is 0 Å². The first-order chi connectivity index (χ1) is 14.4. The summed E-state index contributed by atoms with van der Waals surface area (Å²) in [6.07, 6.45) is 3.02. The van der Waals surface area contributed by atoms with Crippen LogP contribution in [0.4, 0.5) is 0 Å². The number of aryl methyl sites for hydroxylation is 1. The predicted molar refractivity (Wildman–Crippen MR) is 113 cm³/mol. The molecule has 1 aliphatic rings. The van der Waals surface area contributed by atoms with Gasteiger partial charge in [0.05, 0.1) is 17.5 Å². The maximum atomic E-state index is 12.9. The molecule has 3 rings (SSSR count). The van der Waals surface area contributed by atoms with Crippen LogP contribution in [0.2, 0.25) is 0 Å². The minimum atomic E-state index is -0.549. The summed E-state index contributed by atoms with van der Waals surface area (Å²) < 4.78 is 1.41. The molecule has 2 amide bonds. The molecule has 10 nitrogen and oxygen atoms in total. The van der Waals surface area contributed by atoms with Crippen molar-refractivity contribution < 1.29 is 9.59 Å². The highest BCUT2D eigenvalue weighted by atomic mass is 16.2. The maximum absolute atomic E-state index is 12.9. The van der Waals surface area contributed by atoms with E-state index in [1.807, 2.05) is 18.7 Å². The number of carbonyl (C=O) groups is 2. The van der Waals surface area contributed by atoms with Gasteiger partial charge in [0.25, 0.3) is 11.5 Å². The van der Waals surface area contributed by atoms with E-state index in [0.717, 1.165) is 6.42 Å². The quantitative estimate of drug-likeness (QED) is 0.644. The molecule has 0 atom stereocenters. The fourth-order valence-corrected chi connectivity index (χ4v) is 3.53. The van der Waals surface area contributed by atoms with Gasteiger partial charge in [-0.15, -0.1) is 0 Å². The maximum Gasteiger partial charge on any atom is 0.329 e. The lowest BCUT2D eigenvalue weighted by molar-refractivity contribution is -0.122. The predicted octanol–water partition coefficient (Wildman–Crippen LogP) is -0.221. The number of piperazine rings is 1. The molecule has 162 valence electrons. The molecule has 0 unspecified atom stereocenters. The van der Waals surface area contributed by atoms with Crippen LogP contribution in [0.15, 0.2) is 21.9 Å². The molecule has 2 N–H and O–H groups in total. The minimum absolute atomic E-state index is 0.00675. The van der Waals surface area contributed by atoms with Crippen molar-refractivity contribution in [2.24, 2.45) is 0 Å². The zero-order valence-corrected chi connectivity index (χ0v) is 17.4. The number of hydrogen-bond donors (Lipinski definition) is 2. The molecular weight excluding hydrogens is 388 g/mol. The average molecular weight is 416 g/mol. The van der Waals surface area contributed by atoms with Crippen LogP contribution in [-0.4, -0.2) is 75.4 Å². The van der Waals surface area contributed by atoms with E-state index >= 15 is 0 Å². The summed E-state index contributed by atoms with van der Waals surface area (Å²) in [4.78, 5) is 59.3. The molecule has 0 radical (unpaired) electrons. The zero-order valence-electron chi connectivity index (χ0n) is 17.4. The molecule has 1 fully saturated rings. The number of hydrogen-bond acceptors (Lipinski definition) is 6. The summed E-state index contributed by atoms with van der Waals surface area (Å²) in [6, 6.07) is 1.50.